The van der Waals surface area contributed by atoms with Crippen molar-refractivity contribution in [1.82, 2.24) is 15.2 Å². The van der Waals surface area contributed by atoms with Crippen LogP contribution < -0.4 is 5.32 Å². The molecule has 0 saturated carbocycles. The van der Waals surface area contributed by atoms with Gasteiger partial charge in [0.05, 0.1) is 16.6 Å². The molecule has 5 nitrogen and oxygen atoms in total. The maximum Gasteiger partial charge on any atom is 0.253 e. The van der Waals surface area contributed by atoms with Crippen LogP contribution in [0.1, 0.15) is 35.8 Å². The van der Waals surface area contributed by atoms with Crippen molar-refractivity contribution in [3.05, 3.63) is 64.9 Å². The molecule has 0 fully saturated rings. The molecule has 0 unspecified atom stereocenters. The first-order chi connectivity index (χ1) is 11.4. The van der Waals surface area contributed by atoms with Gasteiger partial charge in [-0.3, -0.25) is 14.6 Å². The van der Waals surface area contributed by atoms with Gasteiger partial charge in [-0.25, -0.2) is 0 Å². The number of hydrogen-bond donors (Lipinski definition) is 1. The Labute approximate surface area is 146 Å². The van der Waals surface area contributed by atoms with E-state index in [2.05, 4.69) is 10.3 Å². The Morgan fingerprint density at radius 3 is 2.50 bits per heavy atom. The van der Waals surface area contributed by atoms with Crippen molar-refractivity contribution >= 4 is 23.4 Å². The van der Waals surface area contributed by atoms with E-state index in [0.717, 1.165) is 5.56 Å². The van der Waals surface area contributed by atoms with Gasteiger partial charge in [0.1, 0.15) is 6.04 Å². The van der Waals surface area contributed by atoms with E-state index in [0.29, 0.717) is 10.6 Å². The smallest absolute Gasteiger partial charge is 0.253 e. The Balaban J connectivity index is 2.04. The lowest BCUT2D eigenvalue weighted by Gasteiger charge is -2.28. The summed E-state index contributed by atoms with van der Waals surface area (Å²) in [5.41, 5.74) is 1.28. The largest absolute Gasteiger partial charge is 0.340 e. The van der Waals surface area contributed by atoms with E-state index >= 15 is 0 Å². The highest BCUT2D eigenvalue weighted by Gasteiger charge is 2.24. The molecule has 2 rings (SSSR count). The summed E-state index contributed by atoms with van der Waals surface area (Å²) in [5, 5.41) is 3.05. The van der Waals surface area contributed by atoms with Gasteiger partial charge < -0.3 is 10.2 Å². The summed E-state index contributed by atoms with van der Waals surface area (Å²) < 4.78 is 0. The number of amides is 2. The number of hydrogen-bond acceptors (Lipinski definition) is 3. The Morgan fingerprint density at radius 2 is 1.88 bits per heavy atom. The van der Waals surface area contributed by atoms with Crippen molar-refractivity contribution in [2.75, 3.05) is 7.05 Å². The van der Waals surface area contributed by atoms with Crippen molar-refractivity contribution < 1.29 is 9.59 Å². The second kappa shape index (κ2) is 7.93. The van der Waals surface area contributed by atoms with Crippen molar-refractivity contribution in [3.63, 3.8) is 0 Å². The number of aromatic nitrogens is 1. The van der Waals surface area contributed by atoms with Gasteiger partial charge in [0.15, 0.2) is 0 Å². The minimum atomic E-state index is -0.669. The van der Waals surface area contributed by atoms with E-state index in [9.17, 15) is 9.59 Å². The zero-order chi connectivity index (χ0) is 17.7. The number of likely N-dealkylation sites (N-methyl/N-ethyl adjacent to an activating group) is 1. The fraction of sp³-hybridized carbons (Fsp3) is 0.278. The second-order valence-electron chi connectivity index (χ2n) is 5.59. The Morgan fingerprint density at radius 1 is 1.17 bits per heavy atom. The van der Waals surface area contributed by atoms with E-state index in [-0.39, 0.29) is 17.9 Å². The molecule has 0 bridgehead atoms. The number of benzene rings is 1. The molecule has 0 spiro atoms. The van der Waals surface area contributed by atoms with Gasteiger partial charge in [-0.2, -0.15) is 0 Å². The van der Waals surface area contributed by atoms with Gasteiger partial charge in [-0.05, 0) is 37.6 Å². The summed E-state index contributed by atoms with van der Waals surface area (Å²) in [6, 6.07) is 9.65. The zero-order valence-electron chi connectivity index (χ0n) is 13.9. The molecule has 0 saturated heterocycles. The van der Waals surface area contributed by atoms with Gasteiger partial charge in [0.25, 0.3) is 5.91 Å². The third kappa shape index (κ3) is 4.11. The first-order valence-electron chi connectivity index (χ1n) is 7.63. The maximum absolute atomic E-state index is 12.6. The Hall–Kier alpha value is -2.40. The minimum absolute atomic E-state index is 0.147. The third-order valence-corrected chi connectivity index (χ3v) is 4.26. The lowest BCUT2D eigenvalue weighted by molar-refractivity contribution is -0.133. The van der Waals surface area contributed by atoms with Crippen LogP contribution in [0.3, 0.4) is 0 Å². The van der Waals surface area contributed by atoms with Crippen LogP contribution in [0.5, 0.6) is 0 Å². The van der Waals surface area contributed by atoms with Gasteiger partial charge >= 0.3 is 0 Å². The minimum Gasteiger partial charge on any atom is -0.340 e. The maximum atomic E-state index is 12.6. The number of pyridine rings is 1. The van der Waals surface area contributed by atoms with Crippen LogP contribution in [0.25, 0.3) is 0 Å². The topological polar surface area (TPSA) is 62.3 Å². The molecule has 126 valence electrons. The number of halogens is 1. The van der Waals surface area contributed by atoms with Crippen LogP contribution in [0, 0.1) is 0 Å². The van der Waals surface area contributed by atoms with Crippen LogP contribution >= 0.6 is 11.6 Å². The predicted molar refractivity (Wildman–Crippen MR) is 93.8 cm³/mol. The molecule has 24 heavy (non-hydrogen) atoms. The van der Waals surface area contributed by atoms with E-state index in [4.69, 9.17) is 11.6 Å². The van der Waals surface area contributed by atoms with E-state index in [1.54, 1.807) is 55.5 Å². The Bertz CT molecular complexity index is 721. The lowest BCUT2D eigenvalue weighted by Crippen LogP contribution is -2.46. The average molecular weight is 346 g/mol. The summed E-state index contributed by atoms with van der Waals surface area (Å²) in [5.74, 6) is -0.560. The first kappa shape index (κ1) is 17.9. The van der Waals surface area contributed by atoms with Crippen LogP contribution in [0.4, 0.5) is 0 Å². The molecule has 2 aromatic rings. The average Bonchev–Trinajstić information content (AvgIpc) is 2.60. The molecule has 1 aromatic heterocycles. The van der Waals surface area contributed by atoms with Crippen LogP contribution in [0.2, 0.25) is 5.02 Å². The number of carbonyl (C=O) groups is 2. The van der Waals surface area contributed by atoms with E-state index in [1.807, 2.05) is 19.1 Å². The monoisotopic (exact) mass is 345 g/mol. The highest BCUT2D eigenvalue weighted by atomic mass is 35.5. The third-order valence-electron chi connectivity index (χ3n) is 3.93. The quantitative estimate of drug-likeness (QED) is 0.905. The summed E-state index contributed by atoms with van der Waals surface area (Å²) in [7, 11) is 1.71. The molecule has 1 N–H and O–H groups in total. The van der Waals surface area contributed by atoms with E-state index < -0.39 is 6.04 Å². The van der Waals surface area contributed by atoms with Crippen LogP contribution in [0.15, 0.2) is 48.8 Å². The zero-order valence-corrected chi connectivity index (χ0v) is 14.6. The molecule has 0 radical (unpaired) electrons. The summed E-state index contributed by atoms with van der Waals surface area (Å²) in [6.45, 7) is 3.57. The van der Waals surface area contributed by atoms with Crippen molar-refractivity contribution in [2.45, 2.75) is 25.9 Å². The molecule has 0 aliphatic rings. The van der Waals surface area contributed by atoms with Gasteiger partial charge in [0, 0.05) is 19.4 Å². The van der Waals surface area contributed by atoms with Gasteiger partial charge in [-0.15, -0.1) is 0 Å². The summed E-state index contributed by atoms with van der Waals surface area (Å²) >= 11 is 6.01. The van der Waals surface area contributed by atoms with Crippen LogP contribution in [-0.2, 0) is 4.79 Å². The molecule has 2 atom stereocenters. The molecule has 2 amide bonds. The molecule has 6 heteroatoms. The van der Waals surface area contributed by atoms with Crippen molar-refractivity contribution in [2.24, 2.45) is 0 Å². The molecule has 1 heterocycles. The first-order valence-corrected chi connectivity index (χ1v) is 8.01. The summed E-state index contributed by atoms with van der Waals surface area (Å²) in [6.07, 6.45) is 3.41. The summed E-state index contributed by atoms with van der Waals surface area (Å²) in [4.78, 5) is 30.5. The highest BCUT2D eigenvalue weighted by molar-refractivity contribution is 6.33. The van der Waals surface area contributed by atoms with Gasteiger partial charge in [0.2, 0.25) is 5.91 Å². The lowest BCUT2D eigenvalue weighted by atomic mass is 10.1. The SMILES string of the molecule is C[C@H](c1cccnc1)N(C)C(=O)[C@@H](C)NC(=O)c1ccccc1Cl. The highest BCUT2D eigenvalue weighted by Crippen LogP contribution is 2.19. The second-order valence-corrected chi connectivity index (χ2v) is 5.99. The number of nitrogens with zero attached hydrogens (tertiary/aromatic N) is 2. The number of rotatable bonds is 5. The van der Waals surface area contributed by atoms with Crippen molar-refractivity contribution in [3.8, 4) is 0 Å². The molecular formula is C18H20ClN3O2. The van der Waals surface area contributed by atoms with E-state index in [1.165, 1.54) is 0 Å². The normalized spacial score (nSPS) is 13.0. The van der Waals surface area contributed by atoms with Crippen LogP contribution in [-0.4, -0.2) is 34.8 Å². The molecule has 0 aliphatic carbocycles. The molecular weight excluding hydrogens is 326 g/mol. The fourth-order valence-corrected chi connectivity index (χ4v) is 2.55. The predicted octanol–water partition coefficient (Wildman–Crippen LogP) is 3.07. The Kier molecular flexibility index (Phi) is 5.93. The van der Waals surface area contributed by atoms with Crippen molar-refractivity contribution in [1.29, 1.82) is 0 Å². The number of nitrogens with one attached hydrogen (secondary N) is 1. The number of carbonyl (C=O) groups excluding carboxylic acids is 2. The fourth-order valence-electron chi connectivity index (χ4n) is 2.32. The molecule has 0 aliphatic heterocycles. The molecule has 1 aromatic carbocycles. The standard InChI is InChI=1S/C18H20ClN3O2/c1-12(21-17(23)15-8-4-5-9-16(15)19)18(24)22(3)13(2)14-7-6-10-20-11-14/h4-13H,1-3H3,(H,21,23)/t12-,13-/m1/s1. The van der Waals surface area contributed by atoms with Gasteiger partial charge in [-0.1, -0.05) is 29.8 Å².